The Bertz CT molecular complexity index is 998. The summed E-state index contributed by atoms with van der Waals surface area (Å²) in [6.45, 7) is 6.82. The smallest absolute Gasteiger partial charge is 0.191 e. The van der Waals surface area contributed by atoms with Crippen LogP contribution in [-0.2, 0) is 12.1 Å². The van der Waals surface area contributed by atoms with Gasteiger partial charge in [-0.1, -0.05) is 36.4 Å². The highest BCUT2D eigenvalue weighted by atomic mass is 19.1. The number of nitrogens with zero attached hydrogens (tertiary/aromatic N) is 3. The minimum absolute atomic E-state index is 0.288. The first-order valence-corrected chi connectivity index (χ1v) is 9.99. The molecular formula is C23H28FN5O. The molecule has 0 aliphatic rings. The quantitative estimate of drug-likeness (QED) is 0.414. The average molecular weight is 410 g/mol. The zero-order chi connectivity index (χ0) is 21.6. The second kappa shape index (κ2) is 9.54. The van der Waals surface area contributed by atoms with E-state index in [1.807, 2.05) is 50.2 Å². The Labute approximate surface area is 176 Å². The monoisotopic (exact) mass is 409 g/mol. The van der Waals surface area contributed by atoms with Crippen LogP contribution in [0.2, 0.25) is 0 Å². The zero-order valence-electron chi connectivity index (χ0n) is 17.6. The Morgan fingerprint density at radius 1 is 1.20 bits per heavy atom. The largest absolute Gasteiger partial charge is 0.384 e. The van der Waals surface area contributed by atoms with Gasteiger partial charge in [-0.25, -0.2) is 14.4 Å². The molecule has 0 saturated carbocycles. The number of aliphatic hydroxyl groups is 1. The van der Waals surface area contributed by atoms with Crippen LogP contribution in [0.15, 0.2) is 65.9 Å². The van der Waals surface area contributed by atoms with E-state index in [0.717, 1.165) is 17.0 Å². The highest BCUT2D eigenvalue weighted by Crippen LogP contribution is 2.19. The van der Waals surface area contributed by atoms with E-state index in [1.165, 1.54) is 6.07 Å². The molecule has 1 unspecified atom stereocenters. The van der Waals surface area contributed by atoms with E-state index in [9.17, 15) is 9.50 Å². The van der Waals surface area contributed by atoms with Crippen LogP contribution in [0.25, 0.3) is 5.69 Å². The molecule has 3 rings (SSSR count). The van der Waals surface area contributed by atoms with Crippen molar-refractivity contribution in [1.82, 2.24) is 20.2 Å². The van der Waals surface area contributed by atoms with Crippen LogP contribution in [0.5, 0.6) is 0 Å². The topological polar surface area (TPSA) is 74.5 Å². The van der Waals surface area contributed by atoms with E-state index in [0.29, 0.717) is 24.7 Å². The van der Waals surface area contributed by atoms with Crippen LogP contribution < -0.4 is 10.6 Å². The number of aromatic nitrogens is 2. The van der Waals surface area contributed by atoms with Gasteiger partial charge in [0.1, 0.15) is 17.2 Å². The van der Waals surface area contributed by atoms with Gasteiger partial charge >= 0.3 is 0 Å². The van der Waals surface area contributed by atoms with Gasteiger partial charge in [0.2, 0.25) is 0 Å². The zero-order valence-corrected chi connectivity index (χ0v) is 17.6. The van der Waals surface area contributed by atoms with E-state index in [4.69, 9.17) is 0 Å². The molecule has 0 saturated heterocycles. The molecule has 158 valence electrons. The Morgan fingerprint density at radius 3 is 2.60 bits per heavy atom. The van der Waals surface area contributed by atoms with Crippen LogP contribution in [0.4, 0.5) is 4.39 Å². The Kier molecular flexibility index (Phi) is 6.84. The fourth-order valence-electron chi connectivity index (χ4n) is 3.14. The number of hydrogen-bond acceptors (Lipinski definition) is 3. The van der Waals surface area contributed by atoms with Crippen molar-refractivity contribution in [3.05, 3.63) is 83.7 Å². The molecule has 0 aliphatic carbocycles. The first kappa shape index (κ1) is 21.5. The molecule has 0 bridgehead atoms. The first-order valence-electron chi connectivity index (χ1n) is 9.99. The molecule has 0 amide bonds. The van der Waals surface area contributed by atoms with Crippen molar-refractivity contribution in [2.24, 2.45) is 4.99 Å². The number of rotatable bonds is 7. The van der Waals surface area contributed by atoms with E-state index in [2.05, 4.69) is 20.6 Å². The number of hydrogen-bond donors (Lipinski definition) is 3. The second-order valence-corrected chi connectivity index (χ2v) is 7.32. The number of nitrogens with one attached hydrogen (secondary N) is 2. The fourth-order valence-corrected chi connectivity index (χ4v) is 3.14. The summed E-state index contributed by atoms with van der Waals surface area (Å²) in [4.78, 5) is 8.67. The summed E-state index contributed by atoms with van der Waals surface area (Å²) < 4.78 is 16.3. The lowest BCUT2D eigenvalue weighted by atomic mass is 9.96. The molecule has 3 aromatic rings. The Balaban J connectivity index is 1.69. The molecule has 7 heteroatoms. The van der Waals surface area contributed by atoms with Crippen molar-refractivity contribution < 1.29 is 9.50 Å². The van der Waals surface area contributed by atoms with Crippen LogP contribution in [0.3, 0.4) is 0 Å². The van der Waals surface area contributed by atoms with Gasteiger partial charge in [0.25, 0.3) is 0 Å². The number of benzene rings is 2. The number of guanidine groups is 1. The number of halogens is 1. The molecule has 0 aliphatic heterocycles. The van der Waals surface area contributed by atoms with Crippen molar-refractivity contribution in [2.75, 3.05) is 13.1 Å². The predicted octanol–water partition coefficient (Wildman–Crippen LogP) is 3.28. The minimum Gasteiger partial charge on any atom is -0.384 e. The van der Waals surface area contributed by atoms with Gasteiger partial charge in [0.05, 0.1) is 18.8 Å². The van der Waals surface area contributed by atoms with Crippen LogP contribution in [0.1, 0.15) is 30.8 Å². The SMILES string of the molecule is CCNC(=NCc1ccc(-n2ccnc2C)c(F)c1)NCC(C)(O)c1ccccc1. The van der Waals surface area contributed by atoms with Crippen molar-refractivity contribution in [2.45, 2.75) is 32.9 Å². The predicted molar refractivity (Wildman–Crippen MR) is 117 cm³/mol. The van der Waals surface area contributed by atoms with Gasteiger partial charge in [-0.3, -0.25) is 0 Å². The maximum Gasteiger partial charge on any atom is 0.191 e. The van der Waals surface area contributed by atoms with Gasteiger partial charge in [-0.05, 0) is 44.0 Å². The highest BCUT2D eigenvalue weighted by molar-refractivity contribution is 5.79. The summed E-state index contributed by atoms with van der Waals surface area (Å²) in [5.74, 6) is 0.959. The van der Waals surface area contributed by atoms with Gasteiger partial charge in [-0.2, -0.15) is 0 Å². The lowest BCUT2D eigenvalue weighted by Crippen LogP contribution is -2.44. The molecular weight excluding hydrogens is 381 g/mol. The summed E-state index contributed by atoms with van der Waals surface area (Å²) in [7, 11) is 0. The third kappa shape index (κ3) is 5.24. The minimum atomic E-state index is -1.05. The average Bonchev–Trinajstić information content (AvgIpc) is 3.16. The molecule has 1 heterocycles. The van der Waals surface area contributed by atoms with Crippen molar-refractivity contribution in [3.63, 3.8) is 0 Å². The molecule has 3 N–H and O–H groups in total. The van der Waals surface area contributed by atoms with Gasteiger partial charge in [0, 0.05) is 18.9 Å². The summed E-state index contributed by atoms with van der Waals surface area (Å²) in [5.41, 5.74) is 0.983. The van der Waals surface area contributed by atoms with E-state index in [-0.39, 0.29) is 12.4 Å². The van der Waals surface area contributed by atoms with Crippen LogP contribution >= 0.6 is 0 Å². The second-order valence-electron chi connectivity index (χ2n) is 7.32. The standard InChI is InChI=1S/C23H28FN5O/c1-4-25-22(28-16-23(3,30)19-8-6-5-7-9-19)27-15-18-10-11-21(20(24)14-18)29-13-12-26-17(29)2/h5-14,30H,4,15-16H2,1-3H3,(H2,25,27,28). The molecule has 30 heavy (non-hydrogen) atoms. The molecule has 0 radical (unpaired) electrons. The molecule has 0 spiro atoms. The van der Waals surface area contributed by atoms with Gasteiger partial charge in [-0.15, -0.1) is 0 Å². The number of imidazole rings is 1. The first-order chi connectivity index (χ1) is 14.4. The van der Waals surface area contributed by atoms with Crippen LogP contribution in [-0.4, -0.2) is 33.7 Å². The van der Waals surface area contributed by atoms with Crippen molar-refractivity contribution in [1.29, 1.82) is 0 Å². The number of aliphatic imine (C=N–C) groups is 1. The van der Waals surface area contributed by atoms with Gasteiger partial charge in [0.15, 0.2) is 5.96 Å². The Morgan fingerprint density at radius 2 is 1.97 bits per heavy atom. The maximum atomic E-state index is 14.6. The van der Waals surface area contributed by atoms with Crippen LogP contribution in [0, 0.1) is 12.7 Å². The molecule has 2 aromatic carbocycles. The molecule has 1 aromatic heterocycles. The lowest BCUT2D eigenvalue weighted by molar-refractivity contribution is 0.0617. The highest BCUT2D eigenvalue weighted by Gasteiger charge is 2.22. The van der Waals surface area contributed by atoms with E-state index < -0.39 is 5.60 Å². The normalized spacial score (nSPS) is 13.7. The lowest BCUT2D eigenvalue weighted by Gasteiger charge is -2.25. The van der Waals surface area contributed by atoms with Crippen molar-refractivity contribution in [3.8, 4) is 5.69 Å². The summed E-state index contributed by atoms with van der Waals surface area (Å²) in [5, 5.41) is 17.1. The van der Waals surface area contributed by atoms with Crippen molar-refractivity contribution >= 4 is 5.96 Å². The summed E-state index contributed by atoms with van der Waals surface area (Å²) in [6.07, 6.45) is 3.38. The van der Waals surface area contributed by atoms with E-state index in [1.54, 1.807) is 30.0 Å². The Hall–Kier alpha value is -3.19. The summed E-state index contributed by atoms with van der Waals surface area (Å²) >= 11 is 0. The fraction of sp³-hybridized carbons (Fsp3) is 0.304. The molecule has 6 nitrogen and oxygen atoms in total. The van der Waals surface area contributed by atoms with E-state index >= 15 is 0 Å². The third-order valence-corrected chi connectivity index (χ3v) is 4.86. The third-order valence-electron chi connectivity index (χ3n) is 4.86. The molecule has 1 atom stereocenters. The summed E-state index contributed by atoms with van der Waals surface area (Å²) in [6, 6.07) is 14.6. The molecule has 0 fully saturated rings. The van der Waals surface area contributed by atoms with Gasteiger partial charge < -0.3 is 20.3 Å². The number of aryl methyl sites for hydroxylation is 1. The maximum absolute atomic E-state index is 14.6.